The fourth-order valence-electron chi connectivity index (χ4n) is 6.69. The quantitative estimate of drug-likeness (QED) is 0.278. The molecule has 2 amide bonds. The summed E-state index contributed by atoms with van der Waals surface area (Å²) in [5, 5.41) is 21.8. The van der Waals surface area contributed by atoms with Crippen LogP contribution in [0.25, 0.3) is 0 Å². The predicted octanol–water partition coefficient (Wildman–Crippen LogP) is 7.61. The van der Waals surface area contributed by atoms with Crippen LogP contribution in [0.1, 0.15) is 119 Å². The van der Waals surface area contributed by atoms with Gasteiger partial charge in [0.25, 0.3) is 5.91 Å². The van der Waals surface area contributed by atoms with Crippen LogP contribution in [-0.2, 0) is 16.6 Å². The second kappa shape index (κ2) is 22.0. The van der Waals surface area contributed by atoms with Gasteiger partial charge in [-0.1, -0.05) is 59.4 Å². The number of nitrogens with one attached hydrogen (secondary N) is 1. The predicted molar refractivity (Wildman–Crippen MR) is 211 cm³/mol. The molecule has 1 fully saturated rings. The molecule has 2 aliphatic carbocycles. The molecule has 2 heterocycles. The van der Waals surface area contributed by atoms with Crippen LogP contribution in [0.2, 0.25) is 0 Å². The molecule has 3 aliphatic rings. The first-order chi connectivity index (χ1) is 24.8. The average Bonchev–Trinajstić information content (AvgIpc) is 3.37. The number of nitriles is 1. The van der Waals surface area contributed by atoms with E-state index < -0.39 is 5.41 Å². The van der Waals surface area contributed by atoms with E-state index in [1.54, 1.807) is 30.1 Å². The summed E-state index contributed by atoms with van der Waals surface area (Å²) < 4.78 is 6.25. The van der Waals surface area contributed by atoms with Crippen molar-refractivity contribution >= 4 is 11.8 Å². The number of nitrogens with zero attached hydrogens (tertiary/aromatic N) is 6. The van der Waals surface area contributed by atoms with Crippen molar-refractivity contribution in [2.24, 2.45) is 5.92 Å². The molecule has 0 spiro atoms. The lowest BCUT2D eigenvalue weighted by molar-refractivity contribution is -0.132. The first-order valence-electron chi connectivity index (χ1n) is 19.1. The third-order valence-electron chi connectivity index (χ3n) is 9.08. The van der Waals surface area contributed by atoms with Crippen LogP contribution in [0.3, 0.4) is 0 Å². The third-order valence-corrected chi connectivity index (χ3v) is 9.08. The number of rotatable bonds is 8. The number of benzene rings is 1. The van der Waals surface area contributed by atoms with E-state index in [2.05, 4.69) is 67.2 Å². The molecule has 0 bridgehead atoms. The van der Waals surface area contributed by atoms with Gasteiger partial charge >= 0.3 is 0 Å². The molecule has 1 aromatic heterocycles. The molecule has 10 heteroatoms. The zero-order chi connectivity index (χ0) is 38.8. The fourth-order valence-corrected chi connectivity index (χ4v) is 6.69. The SMILES string of the molecule is C=CN(C)C.CC.CC(C)C.Cc1nnc(C2(CCNCC(=O)N3CCCCC3C#N)C3=C(C=CCCC3)CCc3cc(C(=O)N(C)C)ccc32)o1. The molecule has 5 rings (SSSR count). The molecule has 286 valence electrons. The molecule has 1 N–H and O–H groups in total. The van der Waals surface area contributed by atoms with E-state index in [1.807, 2.05) is 51.9 Å². The highest BCUT2D eigenvalue weighted by Crippen LogP contribution is 2.50. The maximum absolute atomic E-state index is 13.1. The zero-order valence-electron chi connectivity index (χ0n) is 33.7. The highest BCUT2D eigenvalue weighted by atomic mass is 16.4. The number of hydrogen-bond acceptors (Lipinski definition) is 8. The highest BCUT2D eigenvalue weighted by Gasteiger charge is 2.46. The maximum atomic E-state index is 13.1. The largest absolute Gasteiger partial charge is 0.424 e. The van der Waals surface area contributed by atoms with E-state index in [1.165, 1.54) is 11.1 Å². The van der Waals surface area contributed by atoms with Gasteiger partial charge in [-0.25, -0.2) is 0 Å². The number of fused-ring (bicyclic) bond motifs is 1. The molecule has 52 heavy (non-hydrogen) atoms. The van der Waals surface area contributed by atoms with Crippen molar-refractivity contribution in [2.45, 2.75) is 111 Å². The van der Waals surface area contributed by atoms with E-state index in [-0.39, 0.29) is 24.4 Å². The highest BCUT2D eigenvalue weighted by molar-refractivity contribution is 5.94. The summed E-state index contributed by atoms with van der Waals surface area (Å²) in [5.74, 6) is 1.83. The summed E-state index contributed by atoms with van der Waals surface area (Å²) in [6, 6.07) is 7.96. The summed E-state index contributed by atoms with van der Waals surface area (Å²) in [4.78, 5) is 31.2. The van der Waals surface area contributed by atoms with Crippen LogP contribution in [0.4, 0.5) is 0 Å². The molecule has 0 saturated carbocycles. The molecule has 1 saturated heterocycles. The van der Waals surface area contributed by atoms with Crippen molar-refractivity contribution in [2.75, 3.05) is 47.8 Å². The Morgan fingerprint density at radius 3 is 2.40 bits per heavy atom. The van der Waals surface area contributed by atoms with E-state index >= 15 is 0 Å². The number of carbonyl (C=O) groups excluding carboxylic acids is 2. The van der Waals surface area contributed by atoms with Gasteiger partial charge in [-0.3, -0.25) is 9.59 Å². The van der Waals surface area contributed by atoms with Crippen LogP contribution < -0.4 is 5.32 Å². The number of hydrogen-bond donors (Lipinski definition) is 1. The lowest BCUT2D eigenvalue weighted by atomic mass is 9.68. The van der Waals surface area contributed by atoms with Gasteiger partial charge in [-0.15, -0.1) is 10.2 Å². The smallest absolute Gasteiger partial charge is 0.253 e. The Hall–Kier alpha value is -4.23. The molecule has 2 unspecified atom stereocenters. The minimum atomic E-state index is -0.687. The van der Waals surface area contributed by atoms with Crippen molar-refractivity contribution in [3.05, 3.63) is 82.7 Å². The number of aryl methyl sites for hydroxylation is 2. The van der Waals surface area contributed by atoms with Crippen LogP contribution in [0.5, 0.6) is 0 Å². The van der Waals surface area contributed by atoms with E-state index in [4.69, 9.17) is 4.42 Å². The zero-order valence-corrected chi connectivity index (χ0v) is 33.7. The van der Waals surface area contributed by atoms with Crippen LogP contribution in [0.15, 0.2) is 58.7 Å². The first kappa shape index (κ1) is 43.9. The van der Waals surface area contributed by atoms with Crippen LogP contribution in [-0.4, -0.2) is 90.6 Å². The molecular formula is C42H65N7O3. The number of carbonyl (C=O) groups is 2. The Balaban J connectivity index is 0.000000752. The third kappa shape index (κ3) is 11.9. The van der Waals surface area contributed by atoms with Crippen LogP contribution in [0, 0.1) is 24.2 Å². The minimum absolute atomic E-state index is 0.0285. The summed E-state index contributed by atoms with van der Waals surface area (Å²) in [5.41, 5.74) is 4.74. The van der Waals surface area contributed by atoms with Crippen LogP contribution >= 0.6 is 0 Å². The van der Waals surface area contributed by atoms with Crippen molar-refractivity contribution in [3.8, 4) is 6.07 Å². The average molecular weight is 716 g/mol. The van der Waals surface area contributed by atoms with Gasteiger partial charge in [-0.05, 0) is 111 Å². The number of amides is 2. The summed E-state index contributed by atoms with van der Waals surface area (Å²) in [7, 11) is 7.41. The Kier molecular flexibility index (Phi) is 18.6. The Bertz CT molecular complexity index is 1550. The lowest BCUT2D eigenvalue weighted by Crippen LogP contribution is -2.47. The van der Waals surface area contributed by atoms with Crippen molar-refractivity contribution in [1.29, 1.82) is 5.26 Å². The Labute approximate surface area is 314 Å². The molecule has 10 nitrogen and oxygen atoms in total. The van der Waals surface area contributed by atoms with Gasteiger partial charge in [0, 0.05) is 47.2 Å². The van der Waals surface area contributed by atoms with Gasteiger partial charge in [0.1, 0.15) is 6.04 Å². The molecule has 2 aromatic rings. The minimum Gasteiger partial charge on any atom is -0.424 e. The number of piperidine rings is 1. The van der Waals surface area contributed by atoms with Crippen molar-refractivity contribution in [1.82, 2.24) is 30.2 Å². The summed E-state index contributed by atoms with van der Waals surface area (Å²) in [6.07, 6.45) is 14.1. The fraction of sp³-hybridized carbons (Fsp3) is 0.595. The number of aromatic nitrogens is 2. The normalized spacial score (nSPS) is 19.0. The van der Waals surface area contributed by atoms with Gasteiger partial charge in [0.2, 0.25) is 17.7 Å². The van der Waals surface area contributed by atoms with Gasteiger partial charge in [0.15, 0.2) is 0 Å². The number of likely N-dealkylation sites (tertiary alicyclic amines) is 1. The summed E-state index contributed by atoms with van der Waals surface area (Å²) in [6.45, 7) is 17.1. The Morgan fingerprint density at radius 1 is 1.12 bits per heavy atom. The van der Waals surface area contributed by atoms with E-state index in [9.17, 15) is 14.9 Å². The Morgan fingerprint density at radius 2 is 1.81 bits per heavy atom. The molecule has 0 radical (unpaired) electrons. The standard InChI is InChI=1S/C32H40N6O3.C4H9N.C4H10.C2H6/c1-22-35-36-31(41-22)32(16-17-34-21-29(39)38-18-8-7-10-26(38)20-33)27-11-6-4-5-9-23(27)12-13-24-19-25(14-15-28(24)32)30(40)37(2)3;1-4-5(2)3;1-4(2)3;1-2/h5,9,14-15,19,26,34H,4,6-8,10-13,16-18,21H2,1-3H3;4H,1H2,2-3H3;4H,1-3H3;1-2H3. The van der Waals surface area contributed by atoms with Crippen molar-refractivity contribution < 1.29 is 14.0 Å². The van der Waals surface area contributed by atoms with Crippen molar-refractivity contribution in [3.63, 3.8) is 0 Å². The van der Waals surface area contributed by atoms with Gasteiger partial charge < -0.3 is 24.4 Å². The molecule has 1 aliphatic heterocycles. The summed E-state index contributed by atoms with van der Waals surface area (Å²) >= 11 is 0. The molecular weight excluding hydrogens is 651 g/mol. The lowest BCUT2D eigenvalue weighted by Gasteiger charge is -2.36. The topological polar surface area (TPSA) is 119 Å². The molecule has 2 atom stereocenters. The van der Waals surface area contributed by atoms with E-state index in [0.29, 0.717) is 36.9 Å². The van der Waals surface area contributed by atoms with Gasteiger partial charge in [-0.2, -0.15) is 5.26 Å². The second-order valence-corrected chi connectivity index (χ2v) is 14.4. The maximum Gasteiger partial charge on any atom is 0.253 e. The van der Waals surface area contributed by atoms with Gasteiger partial charge in [0.05, 0.1) is 18.0 Å². The monoisotopic (exact) mass is 716 g/mol. The first-order valence-corrected chi connectivity index (χ1v) is 19.1. The second-order valence-electron chi connectivity index (χ2n) is 14.4. The van der Waals surface area contributed by atoms with E-state index in [0.717, 1.165) is 68.4 Å². The number of allylic oxidation sites excluding steroid dienone is 4. The molecule has 1 aromatic carbocycles.